The minimum absolute atomic E-state index is 0.260. The Hall–Kier alpha value is -2.10. The van der Waals surface area contributed by atoms with Gasteiger partial charge in [0.2, 0.25) is 0 Å². The summed E-state index contributed by atoms with van der Waals surface area (Å²) < 4.78 is 0. The fourth-order valence-electron chi connectivity index (χ4n) is 3.06. The van der Waals surface area contributed by atoms with E-state index in [9.17, 15) is 4.79 Å². The number of amides is 2. The molecule has 1 atom stereocenters. The van der Waals surface area contributed by atoms with Gasteiger partial charge in [-0.2, -0.15) is 4.99 Å². The average molecular weight is 241 g/mol. The Morgan fingerprint density at radius 2 is 2.28 bits per heavy atom. The van der Waals surface area contributed by atoms with E-state index in [1.54, 1.807) is 11.0 Å². The van der Waals surface area contributed by atoms with Crippen molar-refractivity contribution in [2.75, 3.05) is 6.54 Å². The van der Waals surface area contributed by atoms with Gasteiger partial charge in [0.1, 0.15) is 11.4 Å². The maximum absolute atomic E-state index is 12.0. The normalized spacial score (nSPS) is 25.4. The lowest BCUT2D eigenvalue weighted by molar-refractivity contribution is 0.180. The molecule has 0 saturated heterocycles. The highest BCUT2D eigenvalue weighted by Crippen LogP contribution is 2.44. The van der Waals surface area contributed by atoms with Crippen LogP contribution in [0.1, 0.15) is 17.5 Å². The number of carbonyl (C=O) groups is 1. The van der Waals surface area contributed by atoms with Gasteiger partial charge in [-0.1, -0.05) is 30.3 Å². The molecule has 1 aromatic rings. The Morgan fingerprint density at radius 1 is 1.50 bits per heavy atom. The first kappa shape index (κ1) is 11.0. The number of rotatable bonds is 2. The number of urea groups is 1. The SMILES string of the molecule is C=CCN1C(=O)N=C(N)C12CCc1ccccc12. The van der Waals surface area contributed by atoms with Crippen molar-refractivity contribution in [2.45, 2.75) is 18.4 Å². The van der Waals surface area contributed by atoms with Crippen LogP contribution in [0.15, 0.2) is 41.9 Å². The van der Waals surface area contributed by atoms with Crippen LogP contribution >= 0.6 is 0 Å². The molecule has 4 heteroatoms. The number of hydrogen-bond acceptors (Lipinski definition) is 2. The van der Waals surface area contributed by atoms with E-state index in [4.69, 9.17) is 5.73 Å². The largest absolute Gasteiger partial charge is 0.385 e. The van der Waals surface area contributed by atoms with E-state index < -0.39 is 5.54 Å². The molecule has 3 rings (SSSR count). The zero-order chi connectivity index (χ0) is 12.8. The molecule has 0 fully saturated rings. The number of aliphatic imine (C=N–C) groups is 1. The highest BCUT2D eigenvalue weighted by atomic mass is 16.2. The summed E-state index contributed by atoms with van der Waals surface area (Å²) in [5.74, 6) is 0.416. The molecule has 0 saturated carbocycles. The summed E-state index contributed by atoms with van der Waals surface area (Å²) in [5, 5.41) is 0. The summed E-state index contributed by atoms with van der Waals surface area (Å²) in [6, 6.07) is 7.86. The van der Waals surface area contributed by atoms with Gasteiger partial charge in [0, 0.05) is 6.54 Å². The minimum atomic E-state index is -0.540. The van der Waals surface area contributed by atoms with E-state index in [0.29, 0.717) is 12.4 Å². The number of benzene rings is 1. The monoisotopic (exact) mass is 241 g/mol. The van der Waals surface area contributed by atoms with Gasteiger partial charge in [-0.05, 0) is 24.0 Å². The van der Waals surface area contributed by atoms with Gasteiger partial charge < -0.3 is 10.6 Å². The summed E-state index contributed by atoms with van der Waals surface area (Å²) in [6.07, 6.45) is 3.45. The van der Waals surface area contributed by atoms with Crippen LogP contribution in [0, 0.1) is 0 Å². The Bertz CT molecular complexity index is 564. The van der Waals surface area contributed by atoms with Crippen molar-refractivity contribution in [3.63, 3.8) is 0 Å². The van der Waals surface area contributed by atoms with Gasteiger partial charge in [-0.25, -0.2) is 4.79 Å². The molecule has 1 aliphatic carbocycles. The van der Waals surface area contributed by atoms with Gasteiger partial charge in [0.25, 0.3) is 0 Å². The van der Waals surface area contributed by atoms with Crippen LogP contribution in [0.4, 0.5) is 4.79 Å². The van der Waals surface area contributed by atoms with Crippen LogP contribution in [-0.4, -0.2) is 23.3 Å². The molecule has 1 aliphatic heterocycles. The van der Waals surface area contributed by atoms with Gasteiger partial charge in [0.05, 0.1) is 0 Å². The first-order chi connectivity index (χ1) is 8.70. The van der Waals surface area contributed by atoms with Crippen LogP contribution in [0.5, 0.6) is 0 Å². The molecule has 1 aromatic carbocycles. The molecule has 0 aromatic heterocycles. The molecule has 2 N–H and O–H groups in total. The standard InChI is InChI=1S/C14H15N3O/c1-2-9-17-13(18)16-12(15)14(17)8-7-10-5-3-4-6-11(10)14/h2-6H,1,7-9H2,(H2,15,16,18). The van der Waals surface area contributed by atoms with Crippen LogP contribution < -0.4 is 5.73 Å². The molecule has 0 bridgehead atoms. The molecule has 92 valence electrons. The van der Waals surface area contributed by atoms with E-state index in [2.05, 4.69) is 17.6 Å². The van der Waals surface area contributed by atoms with E-state index in [1.807, 2.05) is 18.2 Å². The number of carbonyl (C=O) groups excluding carboxylic acids is 1. The Labute approximate surface area is 106 Å². The third-order valence-corrected chi connectivity index (χ3v) is 3.86. The number of nitrogens with zero attached hydrogens (tertiary/aromatic N) is 2. The quantitative estimate of drug-likeness (QED) is 0.803. The van der Waals surface area contributed by atoms with Crippen LogP contribution in [0.2, 0.25) is 0 Å². The van der Waals surface area contributed by atoms with Gasteiger partial charge in [-0.3, -0.25) is 0 Å². The molecule has 0 radical (unpaired) electrons. The number of aryl methyl sites for hydroxylation is 1. The van der Waals surface area contributed by atoms with Crippen molar-refractivity contribution >= 4 is 11.9 Å². The Kier molecular flexibility index (Phi) is 2.26. The van der Waals surface area contributed by atoms with Crippen molar-refractivity contribution < 1.29 is 4.79 Å². The third-order valence-electron chi connectivity index (χ3n) is 3.86. The molecule has 18 heavy (non-hydrogen) atoms. The van der Waals surface area contributed by atoms with Crippen LogP contribution in [0.3, 0.4) is 0 Å². The summed E-state index contributed by atoms with van der Waals surface area (Å²) in [4.78, 5) is 17.6. The Morgan fingerprint density at radius 3 is 3.06 bits per heavy atom. The molecule has 1 heterocycles. The molecular formula is C14H15N3O. The van der Waals surface area contributed by atoms with E-state index in [0.717, 1.165) is 18.4 Å². The summed E-state index contributed by atoms with van der Waals surface area (Å²) in [5.41, 5.74) is 7.87. The highest BCUT2D eigenvalue weighted by molar-refractivity contribution is 6.07. The van der Waals surface area contributed by atoms with E-state index >= 15 is 0 Å². The zero-order valence-corrected chi connectivity index (χ0v) is 10.1. The molecule has 1 spiro atoms. The van der Waals surface area contributed by atoms with Crippen molar-refractivity contribution in [2.24, 2.45) is 10.7 Å². The molecule has 4 nitrogen and oxygen atoms in total. The van der Waals surface area contributed by atoms with E-state index in [-0.39, 0.29) is 6.03 Å². The van der Waals surface area contributed by atoms with Crippen molar-refractivity contribution in [3.8, 4) is 0 Å². The smallest absolute Gasteiger partial charge is 0.346 e. The second-order valence-corrected chi connectivity index (χ2v) is 4.70. The van der Waals surface area contributed by atoms with Gasteiger partial charge >= 0.3 is 6.03 Å². The second-order valence-electron chi connectivity index (χ2n) is 4.70. The predicted molar refractivity (Wildman–Crippen MR) is 70.4 cm³/mol. The second kappa shape index (κ2) is 3.70. The lowest BCUT2D eigenvalue weighted by Crippen LogP contribution is -2.50. The predicted octanol–water partition coefficient (Wildman–Crippen LogP) is 1.81. The Balaban J connectivity index is 2.17. The number of fused-ring (bicyclic) bond motifs is 2. The molecule has 1 unspecified atom stereocenters. The number of amidine groups is 1. The van der Waals surface area contributed by atoms with Crippen molar-refractivity contribution in [1.29, 1.82) is 0 Å². The molecular weight excluding hydrogens is 226 g/mol. The maximum Gasteiger partial charge on any atom is 0.346 e. The number of nitrogens with two attached hydrogens (primary N) is 1. The van der Waals surface area contributed by atoms with Crippen LogP contribution in [0.25, 0.3) is 0 Å². The first-order valence-electron chi connectivity index (χ1n) is 6.05. The summed E-state index contributed by atoms with van der Waals surface area (Å²) in [7, 11) is 0. The minimum Gasteiger partial charge on any atom is -0.385 e. The maximum atomic E-state index is 12.0. The van der Waals surface area contributed by atoms with Crippen molar-refractivity contribution in [3.05, 3.63) is 48.0 Å². The zero-order valence-electron chi connectivity index (χ0n) is 10.1. The third kappa shape index (κ3) is 1.20. The lowest BCUT2D eigenvalue weighted by atomic mass is 9.89. The van der Waals surface area contributed by atoms with Crippen molar-refractivity contribution in [1.82, 2.24) is 4.90 Å². The first-order valence-corrected chi connectivity index (χ1v) is 6.05. The topological polar surface area (TPSA) is 58.7 Å². The fraction of sp³-hybridized carbons (Fsp3) is 0.286. The molecule has 2 aliphatic rings. The van der Waals surface area contributed by atoms with E-state index in [1.165, 1.54) is 5.56 Å². The highest BCUT2D eigenvalue weighted by Gasteiger charge is 2.52. The van der Waals surface area contributed by atoms with Crippen LogP contribution in [-0.2, 0) is 12.0 Å². The molecule has 2 amide bonds. The fourth-order valence-corrected chi connectivity index (χ4v) is 3.06. The lowest BCUT2D eigenvalue weighted by Gasteiger charge is -2.34. The van der Waals surface area contributed by atoms with Gasteiger partial charge in [-0.15, -0.1) is 6.58 Å². The summed E-state index contributed by atoms with van der Waals surface area (Å²) in [6.45, 7) is 4.18. The number of hydrogen-bond donors (Lipinski definition) is 1. The van der Waals surface area contributed by atoms with Gasteiger partial charge in [0.15, 0.2) is 0 Å². The average Bonchev–Trinajstić information content (AvgIpc) is 2.86. The summed E-state index contributed by atoms with van der Waals surface area (Å²) >= 11 is 0.